The first kappa shape index (κ1) is 20.6. The van der Waals surface area contributed by atoms with Crippen molar-refractivity contribution in [1.29, 1.82) is 0 Å². The molecule has 2 aromatic rings. The molecular formula is C21H22Cl2N2O3. The van der Waals surface area contributed by atoms with E-state index in [4.69, 9.17) is 32.7 Å². The molecule has 2 aromatic heterocycles. The number of fused-ring (bicyclic) bond motifs is 2. The van der Waals surface area contributed by atoms with E-state index in [-0.39, 0.29) is 30.0 Å². The summed E-state index contributed by atoms with van der Waals surface area (Å²) < 4.78 is 10.7. The van der Waals surface area contributed by atoms with E-state index in [1.54, 1.807) is 18.2 Å². The number of esters is 1. The second kappa shape index (κ2) is 8.10. The standard InChI is InChI=1S/C11H12ClNO.C10H10ClNO2/c1-6-7(2)14-8(3)9-4-5-10(12)13-11(6)9;1-5-6(2)14-10(13)7-3-4-8(11)12-9(5)7/h4-7H,3H2,1-2H3;3-6H,1-2H3/t6-,7-;5-,6-/m10/s1. The summed E-state index contributed by atoms with van der Waals surface area (Å²) in [7, 11) is 0. The minimum absolute atomic E-state index is 0.0985. The molecule has 0 aromatic carbocycles. The van der Waals surface area contributed by atoms with Crippen molar-refractivity contribution in [3.8, 4) is 0 Å². The molecule has 0 saturated heterocycles. The minimum atomic E-state index is -0.310. The Morgan fingerprint density at radius 2 is 1.29 bits per heavy atom. The number of nitrogens with zero attached hydrogens (tertiary/aromatic N) is 2. The first-order chi connectivity index (χ1) is 13.2. The number of rotatable bonds is 0. The van der Waals surface area contributed by atoms with E-state index < -0.39 is 0 Å². The quantitative estimate of drug-likeness (QED) is 0.408. The van der Waals surface area contributed by atoms with E-state index in [1.165, 1.54) is 0 Å². The third-order valence-corrected chi connectivity index (χ3v) is 5.61. The lowest BCUT2D eigenvalue weighted by atomic mass is 9.93. The minimum Gasteiger partial charge on any atom is -0.490 e. The van der Waals surface area contributed by atoms with Gasteiger partial charge in [0.15, 0.2) is 0 Å². The molecule has 0 fully saturated rings. The van der Waals surface area contributed by atoms with Crippen LogP contribution in [0, 0.1) is 0 Å². The van der Waals surface area contributed by atoms with Gasteiger partial charge >= 0.3 is 5.97 Å². The number of hydrogen-bond donors (Lipinski definition) is 0. The molecule has 0 unspecified atom stereocenters. The predicted molar refractivity (Wildman–Crippen MR) is 110 cm³/mol. The van der Waals surface area contributed by atoms with Gasteiger partial charge < -0.3 is 9.47 Å². The maximum Gasteiger partial charge on any atom is 0.340 e. The number of pyridine rings is 2. The van der Waals surface area contributed by atoms with E-state index in [0.717, 1.165) is 17.0 Å². The first-order valence-electron chi connectivity index (χ1n) is 9.08. The summed E-state index contributed by atoms with van der Waals surface area (Å²) in [6.45, 7) is 11.8. The molecule has 4 atom stereocenters. The normalized spacial score (nSPS) is 25.5. The first-order valence-corrected chi connectivity index (χ1v) is 9.84. The maximum absolute atomic E-state index is 11.4. The van der Waals surface area contributed by atoms with Crippen LogP contribution in [0.5, 0.6) is 0 Å². The van der Waals surface area contributed by atoms with Crippen LogP contribution in [-0.4, -0.2) is 28.1 Å². The molecule has 0 bridgehead atoms. The van der Waals surface area contributed by atoms with Crippen molar-refractivity contribution in [2.75, 3.05) is 0 Å². The molecule has 4 rings (SSSR count). The fraction of sp³-hybridized carbons (Fsp3) is 0.381. The second-order valence-electron chi connectivity index (χ2n) is 7.07. The van der Waals surface area contributed by atoms with Gasteiger partial charge in [-0.25, -0.2) is 14.8 Å². The number of carbonyl (C=O) groups excluding carboxylic acids is 1. The topological polar surface area (TPSA) is 61.3 Å². The van der Waals surface area contributed by atoms with Gasteiger partial charge in [0.2, 0.25) is 0 Å². The maximum atomic E-state index is 11.4. The lowest BCUT2D eigenvalue weighted by Gasteiger charge is -2.29. The molecule has 0 amide bonds. The van der Waals surface area contributed by atoms with Crippen LogP contribution < -0.4 is 0 Å². The highest BCUT2D eigenvalue weighted by Gasteiger charge is 2.31. The SMILES string of the molecule is C=C1O[C@H](C)[C@@H](C)c2nc(Cl)ccc21.C[C@@H]1OC(=O)c2ccc(Cl)nc2[C@H]1C. The zero-order valence-corrected chi connectivity index (χ0v) is 17.7. The van der Waals surface area contributed by atoms with E-state index in [0.29, 0.717) is 21.6 Å². The van der Waals surface area contributed by atoms with Crippen LogP contribution in [0.2, 0.25) is 10.3 Å². The Labute approximate surface area is 174 Å². The van der Waals surface area contributed by atoms with Crippen molar-refractivity contribution < 1.29 is 14.3 Å². The number of carbonyl (C=O) groups is 1. The highest BCUT2D eigenvalue weighted by atomic mass is 35.5. The molecule has 7 heteroatoms. The molecule has 2 aliphatic heterocycles. The van der Waals surface area contributed by atoms with Gasteiger partial charge in [-0.2, -0.15) is 0 Å². The van der Waals surface area contributed by atoms with Gasteiger partial charge in [-0.1, -0.05) is 43.6 Å². The summed E-state index contributed by atoms with van der Waals surface area (Å²) in [5.74, 6) is 0.736. The summed E-state index contributed by atoms with van der Waals surface area (Å²) in [5.41, 5.74) is 3.22. The predicted octanol–water partition coefficient (Wildman–Crippen LogP) is 5.63. The molecule has 4 heterocycles. The summed E-state index contributed by atoms with van der Waals surface area (Å²) >= 11 is 11.6. The molecular weight excluding hydrogens is 399 g/mol. The van der Waals surface area contributed by atoms with Crippen LogP contribution in [0.4, 0.5) is 0 Å². The highest BCUT2D eigenvalue weighted by molar-refractivity contribution is 6.29. The Kier molecular flexibility index (Phi) is 5.96. The van der Waals surface area contributed by atoms with Gasteiger partial charge in [0, 0.05) is 17.4 Å². The number of cyclic esters (lactones) is 1. The summed E-state index contributed by atoms with van der Waals surface area (Å²) in [5, 5.41) is 0.940. The van der Waals surface area contributed by atoms with Crippen LogP contribution in [-0.2, 0) is 9.47 Å². The lowest BCUT2D eigenvalue weighted by Crippen LogP contribution is -2.29. The number of hydrogen-bond acceptors (Lipinski definition) is 5. The summed E-state index contributed by atoms with van der Waals surface area (Å²) in [4.78, 5) is 19.9. The molecule has 28 heavy (non-hydrogen) atoms. The Morgan fingerprint density at radius 1 is 0.821 bits per heavy atom. The fourth-order valence-corrected chi connectivity index (χ4v) is 3.48. The van der Waals surface area contributed by atoms with Crippen molar-refractivity contribution in [2.45, 2.75) is 51.7 Å². The third-order valence-electron chi connectivity index (χ3n) is 5.19. The van der Waals surface area contributed by atoms with E-state index in [1.807, 2.05) is 26.8 Å². The Balaban J connectivity index is 0.000000161. The molecule has 148 valence electrons. The average molecular weight is 421 g/mol. The average Bonchev–Trinajstić information content (AvgIpc) is 2.64. The van der Waals surface area contributed by atoms with E-state index in [9.17, 15) is 4.79 Å². The van der Waals surface area contributed by atoms with Gasteiger partial charge in [-0.15, -0.1) is 0 Å². The Bertz CT molecular complexity index is 856. The second-order valence-corrected chi connectivity index (χ2v) is 7.84. The highest BCUT2D eigenvalue weighted by Crippen LogP contribution is 2.35. The van der Waals surface area contributed by atoms with Crippen molar-refractivity contribution >= 4 is 34.9 Å². The van der Waals surface area contributed by atoms with Gasteiger partial charge in [0.05, 0.1) is 17.0 Å². The smallest absolute Gasteiger partial charge is 0.340 e. The van der Waals surface area contributed by atoms with Crippen LogP contribution in [0.3, 0.4) is 0 Å². The van der Waals surface area contributed by atoms with Crippen molar-refractivity contribution in [1.82, 2.24) is 9.97 Å². The molecule has 0 N–H and O–H groups in total. The van der Waals surface area contributed by atoms with Crippen LogP contribution >= 0.6 is 23.2 Å². The van der Waals surface area contributed by atoms with Gasteiger partial charge in [-0.05, 0) is 38.1 Å². The molecule has 0 radical (unpaired) electrons. The fourth-order valence-electron chi connectivity index (χ4n) is 3.17. The van der Waals surface area contributed by atoms with Crippen molar-refractivity contribution in [2.24, 2.45) is 0 Å². The van der Waals surface area contributed by atoms with Gasteiger partial charge in [-0.3, -0.25) is 0 Å². The van der Waals surface area contributed by atoms with Crippen molar-refractivity contribution in [3.63, 3.8) is 0 Å². The molecule has 2 aliphatic rings. The third kappa shape index (κ3) is 4.01. The van der Waals surface area contributed by atoms with Gasteiger partial charge in [0.1, 0.15) is 28.3 Å². The number of halogens is 2. The van der Waals surface area contributed by atoms with Crippen molar-refractivity contribution in [3.05, 3.63) is 63.7 Å². The van der Waals surface area contributed by atoms with Gasteiger partial charge in [0.25, 0.3) is 0 Å². The Hall–Kier alpha value is -2.11. The zero-order valence-electron chi connectivity index (χ0n) is 16.2. The Morgan fingerprint density at radius 3 is 1.86 bits per heavy atom. The monoisotopic (exact) mass is 420 g/mol. The molecule has 5 nitrogen and oxygen atoms in total. The number of aromatic nitrogens is 2. The lowest BCUT2D eigenvalue weighted by molar-refractivity contribution is 0.0235. The zero-order chi connectivity index (χ0) is 20.6. The van der Waals surface area contributed by atoms with Crippen LogP contribution in [0.25, 0.3) is 5.76 Å². The molecule has 0 spiro atoms. The summed E-state index contributed by atoms with van der Waals surface area (Å²) in [6.07, 6.45) is -0.0260. The van der Waals surface area contributed by atoms with E-state index in [2.05, 4.69) is 23.5 Å². The van der Waals surface area contributed by atoms with E-state index >= 15 is 0 Å². The molecule has 0 aliphatic carbocycles. The number of ether oxygens (including phenoxy) is 2. The van der Waals surface area contributed by atoms with Crippen LogP contribution in [0.1, 0.15) is 66.8 Å². The van der Waals surface area contributed by atoms with Crippen LogP contribution in [0.15, 0.2) is 30.8 Å². The largest absolute Gasteiger partial charge is 0.490 e. The molecule has 0 saturated carbocycles. The summed E-state index contributed by atoms with van der Waals surface area (Å²) in [6, 6.07) is 6.94.